The van der Waals surface area contributed by atoms with Crippen molar-refractivity contribution in [2.24, 2.45) is 0 Å². The molecule has 70 valence electrons. The van der Waals surface area contributed by atoms with Gasteiger partial charge in [0.2, 0.25) is 5.95 Å². The van der Waals surface area contributed by atoms with Gasteiger partial charge in [0.05, 0.1) is 0 Å². The van der Waals surface area contributed by atoms with E-state index in [0.29, 0.717) is 11.9 Å². The largest absolute Gasteiger partial charge is 0.356 e. The Hall–Kier alpha value is -1.26. The summed E-state index contributed by atoms with van der Waals surface area (Å²) in [5, 5.41) is 0. The van der Waals surface area contributed by atoms with E-state index in [4.69, 9.17) is 0 Å². The SMILES string of the molecule is CN(c1cc(F)nc(F)n1)C1CC1. The third-order valence-corrected chi connectivity index (χ3v) is 2.11. The maximum Gasteiger partial charge on any atom is 0.313 e. The topological polar surface area (TPSA) is 29.0 Å². The first-order valence-corrected chi connectivity index (χ1v) is 4.10. The number of rotatable bonds is 2. The van der Waals surface area contributed by atoms with Gasteiger partial charge in [0.1, 0.15) is 5.82 Å². The van der Waals surface area contributed by atoms with Crippen molar-refractivity contribution >= 4 is 5.82 Å². The van der Waals surface area contributed by atoms with E-state index in [1.165, 1.54) is 0 Å². The molecule has 0 bridgehead atoms. The van der Waals surface area contributed by atoms with Crippen LogP contribution in [0.4, 0.5) is 14.6 Å². The van der Waals surface area contributed by atoms with Crippen LogP contribution in [-0.2, 0) is 0 Å². The highest BCUT2D eigenvalue weighted by molar-refractivity contribution is 5.38. The highest BCUT2D eigenvalue weighted by Gasteiger charge is 2.27. The fourth-order valence-electron chi connectivity index (χ4n) is 1.21. The molecule has 1 heterocycles. The molecule has 0 N–H and O–H groups in total. The van der Waals surface area contributed by atoms with Crippen LogP contribution in [0.25, 0.3) is 0 Å². The lowest BCUT2D eigenvalue weighted by molar-refractivity contribution is 0.482. The van der Waals surface area contributed by atoms with Crippen LogP contribution in [0, 0.1) is 12.0 Å². The third kappa shape index (κ3) is 1.74. The molecule has 0 saturated heterocycles. The molecule has 0 aliphatic heterocycles. The molecule has 0 radical (unpaired) electrons. The molecule has 1 fully saturated rings. The number of hydrogen-bond donors (Lipinski definition) is 0. The van der Waals surface area contributed by atoms with Gasteiger partial charge >= 0.3 is 6.08 Å². The van der Waals surface area contributed by atoms with Crippen LogP contribution >= 0.6 is 0 Å². The van der Waals surface area contributed by atoms with Gasteiger partial charge in [-0.15, -0.1) is 0 Å². The van der Waals surface area contributed by atoms with E-state index >= 15 is 0 Å². The lowest BCUT2D eigenvalue weighted by atomic mass is 10.5. The Morgan fingerprint density at radius 2 is 2.08 bits per heavy atom. The van der Waals surface area contributed by atoms with E-state index in [1.807, 2.05) is 0 Å². The summed E-state index contributed by atoms with van der Waals surface area (Å²) in [6, 6.07) is 1.52. The molecule has 13 heavy (non-hydrogen) atoms. The summed E-state index contributed by atoms with van der Waals surface area (Å²) in [5.74, 6) is -0.512. The number of halogens is 2. The molecule has 1 aliphatic rings. The quantitative estimate of drug-likeness (QED) is 0.514. The molecule has 0 aromatic carbocycles. The third-order valence-electron chi connectivity index (χ3n) is 2.11. The van der Waals surface area contributed by atoms with Crippen LogP contribution in [0.3, 0.4) is 0 Å². The Balaban J connectivity index is 2.27. The van der Waals surface area contributed by atoms with Crippen LogP contribution in [0.2, 0.25) is 0 Å². The highest BCUT2D eigenvalue weighted by Crippen LogP contribution is 2.28. The fourth-order valence-corrected chi connectivity index (χ4v) is 1.21. The average molecular weight is 185 g/mol. The molecule has 0 spiro atoms. The van der Waals surface area contributed by atoms with Crippen LogP contribution in [0.1, 0.15) is 12.8 Å². The molecule has 0 atom stereocenters. The van der Waals surface area contributed by atoms with Gasteiger partial charge in [-0.1, -0.05) is 0 Å². The Bertz CT molecular complexity index is 305. The van der Waals surface area contributed by atoms with E-state index in [9.17, 15) is 8.78 Å². The average Bonchev–Trinajstić information content (AvgIpc) is 2.83. The van der Waals surface area contributed by atoms with E-state index in [2.05, 4.69) is 9.97 Å². The first-order chi connectivity index (χ1) is 6.16. The Morgan fingerprint density at radius 1 is 1.38 bits per heavy atom. The van der Waals surface area contributed by atoms with Crippen LogP contribution in [-0.4, -0.2) is 23.1 Å². The number of nitrogens with zero attached hydrogens (tertiary/aromatic N) is 3. The molecule has 1 aromatic rings. The lowest BCUT2D eigenvalue weighted by Crippen LogP contribution is -2.21. The minimum absolute atomic E-state index is 0.313. The van der Waals surface area contributed by atoms with Crippen LogP contribution in [0.5, 0.6) is 0 Å². The minimum atomic E-state index is -1.01. The summed E-state index contributed by atoms with van der Waals surface area (Å²) < 4.78 is 25.2. The van der Waals surface area contributed by atoms with Crippen LogP contribution < -0.4 is 4.90 Å². The second-order valence-corrected chi connectivity index (χ2v) is 3.16. The van der Waals surface area contributed by atoms with E-state index in [1.54, 1.807) is 11.9 Å². The molecular weight excluding hydrogens is 176 g/mol. The van der Waals surface area contributed by atoms with Gasteiger partial charge in [-0.05, 0) is 12.8 Å². The molecule has 1 aromatic heterocycles. The van der Waals surface area contributed by atoms with Crippen molar-refractivity contribution in [3.8, 4) is 0 Å². The normalized spacial score (nSPS) is 15.9. The summed E-state index contributed by atoms with van der Waals surface area (Å²) in [6.07, 6.45) is 1.11. The lowest BCUT2D eigenvalue weighted by Gasteiger charge is -2.16. The second kappa shape index (κ2) is 2.90. The zero-order valence-corrected chi connectivity index (χ0v) is 7.17. The molecule has 1 saturated carbocycles. The van der Waals surface area contributed by atoms with Gasteiger partial charge in [-0.2, -0.15) is 18.7 Å². The summed E-state index contributed by atoms with van der Waals surface area (Å²) in [6.45, 7) is 0. The minimum Gasteiger partial charge on any atom is -0.356 e. The monoisotopic (exact) mass is 185 g/mol. The number of aromatic nitrogens is 2. The molecule has 3 nitrogen and oxygen atoms in total. The molecule has 5 heteroatoms. The Labute approximate surface area is 74.4 Å². The summed E-state index contributed by atoms with van der Waals surface area (Å²) in [4.78, 5) is 8.20. The van der Waals surface area contributed by atoms with Crippen LogP contribution in [0.15, 0.2) is 6.07 Å². The second-order valence-electron chi connectivity index (χ2n) is 3.16. The van der Waals surface area contributed by atoms with Crippen molar-refractivity contribution in [3.05, 3.63) is 18.1 Å². The molecule has 2 rings (SSSR count). The van der Waals surface area contributed by atoms with E-state index in [-0.39, 0.29) is 0 Å². The standard InChI is InChI=1S/C8H9F2N3/c1-13(5-2-3-5)7-4-6(9)11-8(10)12-7/h4-5H,2-3H2,1H3. The number of anilines is 1. The summed E-state index contributed by atoms with van der Waals surface area (Å²) >= 11 is 0. The maximum absolute atomic E-state index is 12.7. The van der Waals surface area contributed by atoms with Gasteiger partial charge in [-0.3, -0.25) is 0 Å². The Kier molecular flexibility index (Phi) is 1.86. The molecule has 0 amide bonds. The first kappa shape index (κ1) is 8.34. The van der Waals surface area contributed by atoms with Gasteiger partial charge in [0, 0.05) is 19.2 Å². The molecule has 1 aliphatic carbocycles. The van der Waals surface area contributed by atoms with Crippen molar-refractivity contribution in [1.29, 1.82) is 0 Å². The van der Waals surface area contributed by atoms with Crippen molar-refractivity contribution in [1.82, 2.24) is 9.97 Å². The highest BCUT2D eigenvalue weighted by atomic mass is 19.1. The van der Waals surface area contributed by atoms with E-state index < -0.39 is 12.0 Å². The van der Waals surface area contributed by atoms with Crippen molar-refractivity contribution in [2.75, 3.05) is 11.9 Å². The Morgan fingerprint density at radius 3 is 2.62 bits per heavy atom. The van der Waals surface area contributed by atoms with Gasteiger partial charge < -0.3 is 4.90 Å². The predicted octanol–water partition coefficient (Wildman–Crippen LogP) is 1.35. The molecular formula is C8H9F2N3. The summed E-state index contributed by atoms with van der Waals surface area (Å²) in [5.41, 5.74) is 0. The zero-order valence-electron chi connectivity index (χ0n) is 7.17. The first-order valence-electron chi connectivity index (χ1n) is 4.10. The van der Waals surface area contributed by atoms with Gasteiger partial charge in [-0.25, -0.2) is 0 Å². The molecule has 0 unspecified atom stereocenters. The van der Waals surface area contributed by atoms with Crippen molar-refractivity contribution in [2.45, 2.75) is 18.9 Å². The fraction of sp³-hybridized carbons (Fsp3) is 0.500. The van der Waals surface area contributed by atoms with E-state index in [0.717, 1.165) is 18.9 Å². The smallest absolute Gasteiger partial charge is 0.313 e. The maximum atomic E-state index is 12.7. The van der Waals surface area contributed by atoms with Gasteiger partial charge in [0.25, 0.3) is 0 Å². The zero-order chi connectivity index (χ0) is 9.42. The van der Waals surface area contributed by atoms with Crippen molar-refractivity contribution < 1.29 is 8.78 Å². The predicted molar refractivity (Wildman–Crippen MR) is 43.4 cm³/mol. The summed E-state index contributed by atoms with van der Waals surface area (Å²) in [7, 11) is 1.78. The van der Waals surface area contributed by atoms with Crippen molar-refractivity contribution in [3.63, 3.8) is 0 Å². The number of hydrogen-bond acceptors (Lipinski definition) is 3. The van der Waals surface area contributed by atoms with Gasteiger partial charge in [0.15, 0.2) is 0 Å².